The highest BCUT2D eigenvalue weighted by molar-refractivity contribution is 7.19. The number of allylic oxidation sites excluding steroid dienone is 1. The summed E-state index contributed by atoms with van der Waals surface area (Å²) in [5.41, 5.74) is 6.48. The summed E-state index contributed by atoms with van der Waals surface area (Å²) in [6.07, 6.45) is 2.54. The van der Waals surface area contributed by atoms with Gasteiger partial charge in [0.15, 0.2) is 0 Å². The lowest BCUT2D eigenvalue weighted by Crippen LogP contribution is -2.50. The summed E-state index contributed by atoms with van der Waals surface area (Å²) in [7, 11) is 2.02. The molecule has 5 heterocycles. The van der Waals surface area contributed by atoms with Crippen molar-refractivity contribution in [2.45, 2.75) is 31.8 Å². The third kappa shape index (κ3) is 2.68. The molecule has 2 aromatic rings. The molecule has 1 unspecified atom stereocenters. The fraction of sp³-hybridized carbons (Fsp3) is 0.556. The number of aromatic nitrogens is 2. The molecule has 138 valence electrons. The normalized spacial score (nSPS) is 27.3. The number of aromatic amines is 1. The number of nitrogens with one attached hydrogen (secondary N) is 3. The van der Waals surface area contributed by atoms with E-state index in [1.165, 1.54) is 29.8 Å². The SMILES string of the molecule is CC1=C(c2cc3nc(C4CN5CCC[C@@H]5CN4)[nH]c(=O)c3s2)CN(C)N1. The average Bonchev–Trinajstić information content (AvgIpc) is 3.31. The van der Waals surface area contributed by atoms with Gasteiger partial charge in [-0.05, 0) is 32.4 Å². The lowest BCUT2D eigenvalue weighted by atomic mass is 10.1. The van der Waals surface area contributed by atoms with Crippen LogP contribution < -0.4 is 16.3 Å². The summed E-state index contributed by atoms with van der Waals surface area (Å²) >= 11 is 1.54. The van der Waals surface area contributed by atoms with Crippen LogP contribution in [0.5, 0.6) is 0 Å². The van der Waals surface area contributed by atoms with Gasteiger partial charge >= 0.3 is 0 Å². The van der Waals surface area contributed by atoms with Crippen molar-refractivity contribution in [3.8, 4) is 0 Å². The summed E-state index contributed by atoms with van der Waals surface area (Å²) in [5.74, 6) is 0.768. The van der Waals surface area contributed by atoms with Gasteiger partial charge < -0.3 is 15.7 Å². The van der Waals surface area contributed by atoms with Crippen molar-refractivity contribution in [2.75, 3.05) is 33.2 Å². The highest BCUT2D eigenvalue weighted by Gasteiger charge is 2.33. The molecular weight excluding hydrogens is 348 g/mol. The van der Waals surface area contributed by atoms with E-state index >= 15 is 0 Å². The Morgan fingerprint density at radius 1 is 1.38 bits per heavy atom. The van der Waals surface area contributed by atoms with Crippen LogP contribution in [0.3, 0.4) is 0 Å². The van der Waals surface area contributed by atoms with Gasteiger partial charge in [0.05, 0.1) is 11.6 Å². The first-order chi connectivity index (χ1) is 12.6. The zero-order valence-electron chi connectivity index (χ0n) is 15.1. The maximum absolute atomic E-state index is 12.7. The van der Waals surface area contributed by atoms with E-state index < -0.39 is 0 Å². The number of hydrazine groups is 1. The Morgan fingerprint density at radius 3 is 3.08 bits per heavy atom. The van der Waals surface area contributed by atoms with Crippen LogP contribution in [-0.2, 0) is 0 Å². The number of piperazine rings is 1. The van der Waals surface area contributed by atoms with Gasteiger partial charge in [0.2, 0.25) is 0 Å². The maximum atomic E-state index is 12.7. The van der Waals surface area contributed by atoms with E-state index in [4.69, 9.17) is 4.98 Å². The van der Waals surface area contributed by atoms with Crippen molar-refractivity contribution < 1.29 is 0 Å². The fourth-order valence-electron chi connectivity index (χ4n) is 4.41. The van der Waals surface area contributed by atoms with Gasteiger partial charge in [-0.2, -0.15) is 0 Å². The van der Waals surface area contributed by atoms with Crippen LogP contribution in [0.25, 0.3) is 15.8 Å². The van der Waals surface area contributed by atoms with Crippen LogP contribution in [0.2, 0.25) is 0 Å². The van der Waals surface area contributed by atoms with Crippen LogP contribution in [0.1, 0.15) is 36.5 Å². The van der Waals surface area contributed by atoms with E-state index in [9.17, 15) is 4.79 Å². The molecule has 7 nitrogen and oxygen atoms in total. The van der Waals surface area contributed by atoms with E-state index in [2.05, 4.69) is 38.6 Å². The second kappa shape index (κ2) is 6.16. The maximum Gasteiger partial charge on any atom is 0.268 e. The second-order valence-corrected chi connectivity index (χ2v) is 8.65. The number of nitrogens with zero attached hydrogens (tertiary/aromatic N) is 3. The Kier molecular flexibility index (Phi) is 3.89. The first-order valence-electron chi connectivity index (χ1n) is 9.27. The fourth-order valence-corrected chi connectivity index (χ4v) is 5.49. The predicted molar refractivity (Wildman–Crippen MR) is 104 cm³/mol. The Labute approximate surface area is 156 Å². The summed E-state index contributed by atoms with van der Waals surface area (Å²) in [6, 6.07) is 2.82. The van der Waals surface area contributed by atoms with Crippen LogP contribution in [0.15, 0.2) is 16.6 Å². The van der Waals surface area contributed by atoms with Gasteiger partial charge in [0, 0.05) is 48.9 Å². The smallest absolute Gasteiger partial charge is 0.268 e. The molecule has 2 aromatic heterocycles. The highest BCUT2D eigenvalue weighted by Crippen LogP contribution is 2.32. The van der Waals surface area contributed by atoms with Gasteiger partial charge in [-0.25, -0.2) is 9.99 Å². The molecule has 2 fully saturated rings. The zero-order chi connectivity index (χ0) is 17.8. The predicted octanol–water partition coefficient (Wildman–Crippen LogP) is 1.27. The summed E-state index contributed by atoms with van der Waals surface area (Å²) in [6.45, 7) is 5.97. The molecule has 0 spiro atoms. The molecule has 3 N–H and O–H groups in total. The van der Waals surface area contributed by atoms with Gasteiger partial charge in [-0.1, -0.05) is 0 Å². The molecule has 2 saturated heterocycles. The van der Waals surface area contributed by atoms with Crippen molar-refractivity contribution in [1.29, 1.82) is 0 Å². The van der Waals surface area contributed by atoms with Crippen molar-refractivity contribution in [3.63, 3.8) is 0 Å². The average molecular weight is 372 g/mol. The molecule has 3 aliphatic heterocycles. The van der Waals surface area contributed by atoms with Crippen molar-refractivity contribution in [1.82, 2.24) is 30.6 Å². The van der Waals surface area contributed by atoms with E-state index in [0.717, 1.165) is 48.1 Å². The van der Waals surface area contributed by atoms with Gasteiger partial charge in [0.25, 0.3) is 5.56 Å². The van der Waals surface area contributed by atoms with E-state index in [1.807, 2.05) is 7.05 Å². The molecule has 5 rings (SSSR count). The van der Waals surface area contributed by atoms with Crippen molar-refractivity contribution in [3.05, 3.63) is 32.8 Å². The molecule has 0 aromatic carbocycles. The third-order valence-electron chi connectivity index (χ3n) is 5.75. The van der Waals surface area contributed by atoms with Crippen LogP contribution >= 0.6 is 11.3 Å². The lowest BCUT2D eigenvalue weighted by molar-refractivity contribution is 0.170. The topological polar surface area (TPSA) is 76.3 Å². The minimum absolute atomic E-state index is 0.0239. The monoisotopic (exact) mass is 372 g/mol. The Bertz CT molecular complexity index is 947. The van der Waals surface area contributed by atoms with Crippen LogP contribution in [0.4, 0.5) is 0 Å². The molecule has 26 heavy (non-hydrogen) atoms. The van der Waals surface area contributed by atoms with E-state index in [-0.39, 0.29) is 11.6 Å². The summed E-state index contributed by atoms with van der Waals surface area (Å²) in [5, 5.41) is 5.63. The number of hydrogen-bond acceptors (Lipinski definition) is 7. The molecule has 3 aliphatic rings. The van der Waals surface area contributed by atoms with Gasteiger partial charge in [0.1, 0.15) is 10.5 Å². The number of rotatable bonds is 2. The lowest BCUT2D eigenvalue weighted by Gasteiger charge is -2.35. The molecule has 2 atom stereocenters. The summed E-state index contributed by atoms with van der Waals surface area (Å²) < 4.78 is 0.716. The molecular formula is C18H24N6OS. The van der Waals surface area contributed by atoms with E-state index in [0.29, 0.717) is 10.7 Å². The van der Waals surface area contributed by atoms with Crippen molar-refractivity contribution in [2.24, 2.45) is 0 Å². The number of thiophene rings is 1. The quantitative estimate of drug-likeness (QED) is 0.737. The second-order valence-electron chi connectivity index (χ2n) is 7.60. The summed E-state index contributed by atoms with van der Waals surface area (Å²) in [4.78, 5) is 24.2. The molecule has 0 saturated carbocycles. The molecule has 0 aliphatic carbocycles. The number of H-pyrrole nitrogens is 1. The number of likely N-dealkylation sites (N-methyl/N-ethyl adjacent to an activating group) is 1. The molecule has 0 bridgehead atoms. The van der Waals surface area contributed by atoms with Gasteiger partial charge in [-0.3, -0.25) is 9.69 Å². The largest absolute Gasteiger partial charge is 0.323 e. The molecule has 8 heteroatoms. The van der Waals surface area contributed by atoms with Gasteiger partial charge in [-0.15, -0.1) is 11.3 Å². The minimum atomic E-state index is -0.0239. The number of hydrogen-bond donors (Lipinski definition) is 3. The molecule has 0 radical (unpaired) electrons. The number of fused-ring (bicyclic) bond motifs is 2. The van der Waals surface area contributed by atoms with Crippen molar-refractivity contribution >= 4 is 27.1 Å². The Balaban J connectivity index is 1.49. The Morgan fingerprint density at radius 2 is 2.27 bits per heavy atom. The first-order valence-corrected chi connectivity index (χ1v) is 10.1. The molecule has 0 amide bonds. The standard InChI is InChI=1S/C18H24N6OS/c1-10-12(8-23(2)22-10)15-6-13-16(26-15)18(25)21-17(20-13)14-9-24-5-3-4-11(24)7-19-14/h6,11,14,19,22H,3-5,7-9H2,1-2H3,(H,20,21,25)/t11-,14?/m1/s1. The van der Waals surface area contributed by atoms with E-state index in [1.54, 1.807) is 0 Å². The Hall–Kier alpha value is -1.74. The van der Waals surface area contributed by atoms with Crippen LogP contribution in [0, 0.1) is 0 Å². The highest BCUT2D eigenvalue weighted by atomic mass is 32.1. The minimum Gasteiger partial charge on any atom is -0.323 e. The zero-order valence-corrected chi connectivity index (χ0v) is 15.9. The first kappa shape index (κ1) is 16.4. The van der Waals surface area contributed by atoms with Crippen LogP contribution in [-0.4, -0.2) is 59.1 Å². The third-order valence-corrected chi connectivity index (χ3v) is 6.93.